The smallest absolute Gasteiger partial charge is 0.0512 e. The molecule has 1 aliphatic rings. The van der Waals surface area contributed by atoms with E-state index in [9.17, 15) is 0 Å². The largest absolute Gasteiger partial charge is 0.347 e. The molecular formula is C16H22N2. The molecule has 1 N–H and O–H groups in total. The van der Waals surface area contributed by atoms with Gasteiger partial charge in [0, 0.05) is 30.6 Å². The molecule has 0 radical (unpaired) electrons. The van der Waals surface area contributed by atoms with Gasteiger partial charge in [0.1, 0.15) is 0 Å². The normalized spacial score (nSPS) is 19.9. The van der Waals surface area contributed by atoms with Gasteiger partial charge in [0.2, 0.25) is 0 Å². The summed E-state index contributed by atoms with van der Waals surface area (Å²) in [6, 6.07) is 4.63. The summed E-state index contributed by atoms with van der Waals surface area (Å²) >= 11 is 0. The molecule has 1 fully saturated rings. The third-order valence-electron chi connectivity index (χ3n) is 4.38. The zero-order valence-electron chi connectivity index (χ0n) is 11.8. The molecule has 1 aliphatic heterocycles. The van der Waals surface area contributed by atoms with Crippen molar-refractivity contribution in [2.24, 2.45) is 7.05 Å². The summed E-state index contributed by atoms with van der Waals surface area (Å²) in [6.07, 6.45) is 1.27. The maximum Gasteiger partial charge on any atom is 0.0512 e. The van der Waals surface area contributed by atoms with Gasteiger partial charge in [-0.05, 0) is 50.9 Å². The van der Waals surface area contributed by atoms with Gasteiger partial charge < -0.3 is 9.88 Å². The Hall–Kier alpha value is -1.28. The standard InChI is InChI=1S/C16H22N2/c1-10-7-11(2)15-14(8-10)12(3)16(18(15)4)13-5-6-17-9-13/h7-8,13,17H,5-6,9H2,1-4H3. The topological polar surface area (TPSA) is 17.0 Å². The highest BCUT2D eigenvalue weighted by atomic mass is 15.0. The Balaban J connectivity index is 2.30. The minimum absolute atomic E-state index is 0.683. The first kappa shape index (κ1) is 11.8. The predicted octanol–water partition coefficient (Wildman–Crippen LogP) is 3.18. The van der Waals surface area contributed by atoms with Crippen LogP contribution in [-0.4, -0.2) is 17.7 Å². The minimum atomic E-state index is 0.683. The van der Waals surface area contributed by atoms with Crippen LogP contribution in [0, 0.1) is 20.8 Å². The lowest BCUT2D eigenvalue weighted by molar-refractivity contribution is 0.688. The molecule has 2 aromatic rings. The highest BCUT2D eigenvalue weighted by molar-refractivity contribution is 5.88. The molecule has 2 heterocycles. The lowest BCUT2D eigenvalue weighted by Crippen LogP contribution is -2.11. The molecule has 18 heavy (non-hydrogen) atoms. The first-order chi connectivity index (χ1) is 8.59. The first-order valence-corrected chi connectivity index (χ1v) is 6.86. The third-order valence-corrected chi connectivity index (χ3v) is 4.38. The Labute approximate surface area is 109 Å². The molecular weight excluding hydrogens is 220 g/mol. The summed E-state index contributed by atoms with van der Waals surface area (Å²) < 4.78 is 2.43. The van der Waals surface area contributed by atoms with Gasteiger partial charge in [-0.2, -0.15) is 0 Å². The maximum absolute atomic E-state index is 3.48. The first-order valence-electron chi connectivity index (χ1n) is 6.86. The maximum atomic E-state index is 3.48. The summed E-state index contributed by atoms with van der Waals surface area (Å²) in [5.74, 6) is 0.683. The highest BCUT2D eigenvalue weighted by Gasteiger charge is 2.24. The van der Waals surface area contributed by atoms with Crippen LogP contribution in [-0.2, 0) is 7.05 Å². The molecule has 1 unspecified atom stereocenters. The van der Waals surface area contributed by atoms with Crippen molar-refractivity contribution >= 4 is 10.9 Å². The van der Waals surface area contributed by atoms with Gasteiger partial charge in [0.15, 0.2) is 0 Å². The summed E-state index contributed by atoms with van der Waals surface area (Å²) in [5, 5.41) is 4.92. The van der Waals surface area contributed by atoms with E-state index >= 15 is 0 Å². The van der Waals surface area contributed by atoms with Gasteiger partial charge in [0.25, 0.3) is 0 Å². The van der Waals surface area contributed by atoms with Crippen molar-refractivity contribution in [3.05, 3.63) is 34.5 Å². The molecule has 1 aromatic carbocycles. The van der Waals surface area contributed by atoms with E-state index in [1.54, 1.807) is 0 Å². The Morgan fingerprint density at radius 1 is 1.22 bits per heavy atom. The van der Waals surface area contributed by atoms with Crippen LogP contribution in [0.3, 0.4) is 0 Å². The molecule has 96 valence electrons. The van der Waals surface area contributed by atoms with E-state index in [0.717, 1.165) is 13.1 Å². The van der Waals surface area contributed by atoms with Gasteiger partial charge in [-0.25, -0.2) is 0 Å². The highest BCUT2D eigenvalue weighted by Crippen LogP contribution is 2.34. The Bertz CT molecular complexity index is 601. The molecule has 2 nitrogen and oxygen atoms in total. The predicted molar refractivity (Wildman–Crippen MR) is 77.4 cm³/mol. The zero-order valence-corrected chi connectivity index (χ0v) is 11.8. The third kappa shape index (κ3) is 1.59. The summed E-state index contributed by atoms with van der Waals surface area (Å²) in [5.41, 5.74) is 7.19. The van der Waals surface area contributed by atoms with Gasteiger partial charge in [-0.3, -0.25) is 0 Å². The van der Waals surface area contributed by atoms with Crippen LogP contribution < -0.4 is 5.32 Å². The van der Waals surface area contributed by atoms with Crippen molar-refractivity contribution in [1.82, 2.24) is 9.88 Å². The number of fused-ring (bicyclic) bond motifs is 1. The molecule has 3 rings (SSSR count). The molecule has 2 heteroatoms. The quantitative estimate of drug-likeness (QED) is 0.812. The van der Waals surface area contributed by atoms with Crippen molar-refractivity contribution < 1.29 is 0 Å². The fourth-order valence-electron chi connectivity index (χ4n) is 3.67. The molecule has 0 spiro atoms. The zero-order chi connectivity index (χ0) is 12.9. The average Bonchev–Trinajstić information content (AvgIpc) is 2.87. The van der Waals surface area contributed by atoms with Crippen molar-refractivity contribution in [2.45, 2.75) is 33.1 Å². The van der Waals surface area contributed by atoms with Crippen molar-refractivity contribution in [3.63, 3.8) is 0 Å². The van der Waals surface area contributed by atoms with Crippen molar-refractivity contribution in [1.29, 1.82) is 0 Å². The molecule has 1 aromatic heterocycles. The number of aryl methyl sites for hydroxylation is 4. The van der Waals surface area contributed by atoms with E-state index < -0.39 is 0 Å². The fraction of sp³-hybridized carbons (Fsp3) is 0.500. The van der Waals surface area contributed by atoms with Gasteiger partial charge >= 0.3 is 0 Å². The molecule has 0 amide bonds. The fourth-order valence-corrected chi connectivity index (χ4v) is 3.67. The number of hydrogen-bond acceptors (Lipinski definition) is 1. The second-order valence-corrected chi connectivity index (χ2v) is 5.74. The number of nitrogens with zero attached hydrogens (tertiary/aromatic N) is 1. The molecule has 1 atom stereocenters. The summed E-state index contributed by atoms with van der Waals surface area (Å²) in [4.78, 5) is 0. The number of aromatic nitrogens is 1. The minimum Gasteiger partial charge on any atom is -0.347 e. The monoisotopic (exact) mass is 242 g/mol. The lowest BCUT2D eigenvalue weighted by Gasteiger charge is -2.12. The number of nitrogens with one attached hydrogen (secondary N) is 1. The molecule has 0 aliphatic carbocycles. The van der Waals surface area contributed by atoms with Crippen LogP contribution in [0.2, 0.25) is 0 Å². The van der Waals surface area contributed by atoms with E-state index in [2.05, 4.69) is 49.8 Å². The Morgan fingerprint density at radius 2 is 2.00 bits per heavy atom. The van der Waals surface area contributed by atoms with Crippen LogP contribution in [0.4, 0.5) is 0 Å². The Kier molecular flexibility index (Phi) is 2.70. The van der Waals surface area contributed by atoms with Crippen LogP contribution in [0.15, 0.2) is 12.1 Å². The number of hydrogen-bond donors (Lipinski definition) is 1. The van der Waals surface area contributed by atoms with Gasteiger partial charge in [-0.1, -0.05) is 11.6 Å². The van der Waals surface area contributed by atoms with Crippen LogP contribution >= 0.6 is 0 Å². The molecule has 1 saturated heterocycles. The average molecular weight is 242 g/mol. The Morgan fingerprint density at radius 3 is 2.67 bits per heavy atom. The second kappa shape index (κ2) is 4.13. The van der Waals surface area contributed by atoms with E-state index in [0.29, 0.717) is 5.92 Å². The van der Waals surface area contributed by atoms with Crippen LogP contribution in [0.5, 0.6) is 0 Å². The van der Waals surface area contributed by atoms with Crippen LogP contribution in [0.25, 0.3) is 10.9 Å². The van der Waals surface area contributed by atoms with Crippen molar-refractivity contribution in [3.8, 4) is 0 Å². The summed E-state index contributed by atoms with van der Waals surface area (Å²) in [6.45, 7) is 8.99. The number of rotatable bonds is 1. The van der Waals surface area contributed by atoms with E-state index in [-0.39, 0.29) is 0 Å². The van der Waals surface area contributed by atoms with E-state index in [1.807, 2.05) is 0 Å². The lowest BCUT2D eigenvalue weighted by atomic mass is 9.99. The molecule has 0 saturated carbocycles. The molecule has 0 bridgehead atoms. The number of benzene rings is 1. The van der Waals surface area contributed by atoms with Crippen LogP contribution in [0.1, 0.15) is 34.7 Å². The van der Waals surface area contributed by atoms with Gasteiger partial charge in [-0.15, -0.1) is 0 Å². The summed E-state index contributed by atoms with van der Waals surface area (Å²) in [7, 11) is 2.23. The van der Waals surface area contributed by atoms with Crippen molar-refractivity contribution in [2.75, 3.05) is 13.1 Å². The van der Waals surface area contributed by atoms with Gasteiger partial charge in [0.05, 0.1) is 5.52 Å². The second-order valence-electron chi connectivity index (χ2n) is 5.74. The van der Waals surface area contributed by atoms with E-state index in [4.69, 9.17) is 0 Å². The SMILES string of the molecule is Cc1cc(C)c2c(c1)c(C)c(C1CCNC1)n2C. The van der Waals surface area contributed by atoms with E-state index in [1.165, 1.54) is 39.7 Å².